The Kier molecular flexibility index (Phi) is 4.26. The number of hydroxylamine groups is 1. The van der Waals surface area contributed by atoms with Crippen molar-refractivity contribution in [3.8, 4) is 0 Å². The Morgan fingerprint density at radius 3 is 2.92 bits per heavy atom. The van der Waals surface area contributed by atoms with E-state index in [-0.39, 0.29) is 5.41 Å². The van der Waals surface area contributed by atoms with Gasteiger partial charge in [0.1, 0.15) is 0 Å². The summed E-state index contributed by atoms with van der Waals surface area (Å²) in [4.78, 5) is 20.7. The molecule has 4 rings (SSSR count). The molecule has 0 radical (unpaired) electrons. The van der Waals surface area contributed by atoms with Crippen molar-refractivity contribution in [2.75, 3.05) is 6.54 Å². The number of pyridine rings is 1. The molecule has 0 saturated heterocycles. The maximum absolute atomic E-state index is 11.8. The first-order valence-electron chi connectivity index (χ1n) is 8.61. The third-order valence-corrected chi connectivity index (χ3v) is 6.35. The predicted octanol–water partition coefficient (Wildman–Crippen LogP) is 3.71. The van der Waals surface area contributed by atoms with Gasteiger partial charge in [-0.05, 0) is 23.8 Å². The van der Waals surface area contributed by atoms with Gasteiger partial charge < -0.3 is 0 Å². The van der Waals surface area contributed by atoms with E-state index in [9.17, 15) is 4.79 Å². The number of hydrogen-bond donors (Lipinski definition) is 2. The molecule has 0 bridgehead atoms. The Morgan fingerprint density at radius 1 is 1.31 bits per heavy atom. The summed E-state index contributed by atoms with van der Waals surface area (Å²) < 4.78 is 0. The Balaban J connectivity index is 1.60. The molecule has 5 nitrogen and oxygen atoms in total. The molecule has 1 aliphatic rings. The zero-order chi connectivity index (χ0) is 18.3. The summed E-state index contributed by atoms with van der Waals surface area (Å²) in [6, 6.07) is 14.2. The third kappa shape index (κ3) is 3.11. The highest BCUT2D eigenvalue weighted by molar-refractivity contribution is 7.14. The van der Waals surface area contributed by atoms with Crippen LogP contribution in [0.3, 0.4) is 0 Å². The van der Waals surface area contributed by atoms with E-state index in [1.165, 1.54) is 16.2 Å². The Bertz CT molecular complexity index is 980. The SMILES string of the molecule is CC1(C)CN(Cc2ccc3ccccc3n2)Cc2cc(C(=O)NO)sc21. The van der Waals surface area contributed by atoms with Crippen LogP contribution in [-0.2, 0) is 18.5 Å². The van der Waals surface area contributed by atoms with Crippen molar-refractivity contribution in [3.63, 3.8) is 0 Å². The summed E-state index contributed by atoms with van der Waals surface area (Å²) >= 11 is 1.47. The molecule has 26 heavy (non-hydrogen) atoms. The monoisotopic (exact) mass is 367 g/mol. The fourth-order valence-electron chi connectivity index (χ4n) is 3.75. The van der Waals surface area contributed by atoms with E-state index >= 15 is 0 Å². The minimum Gasteiger partial charge on any atom is -0.292 e. The Labute approximate surface area is 156 Å². The van der Waals surface area contributed by atoms with Crippen LogP contribution in [0.4, 0.5) is 0 Å². The molecule has 134 valence electrons. The van der Waals surface area contributed by atoms with Crippen molar-refractivity contribution in [1.29, 1.82) is 0 Å². The van der Waals surface area contributed by atoms with Crippen LogP contribution in [0.15, 0.2) is 42.5 Å². The summed E-state index contributed by atoms with van der Waals surface area (Å²) in [5.74, 6) is -0.442. The second-order valence-corrected chi connectivity index (χ2v) is 8.48. The van der Waals surface area contributed by atoms with Crippen molar-refractivity contribution in [2.45, 2.75) is 32.4 Å². The van der Waals surface area contributed by atoms with Gasteiger partial charge in [0.2, 0.25) is 0 Å². The van der Waals surface area contributed by atoms with Gasteiger partial charge in [-0.3, -0.25) is 19.9 Å². The number of nitrogens with zero attached hydrogens (tertiary/aromatic N) is 2. The predicted molar refractivity (Wildman–Crippen MR) is 102 cm³/mol. The van der Waals surface area contributed by atoms with Crippen molar-refractivity contribution >= 4 is 28.1 Å². The molecule has 1 aromatic carbocycles. The van der Waals surface area contributed by atoms with E-state index in [1.807, 2.05) is 24.3 Å². The average molecular weight is 367 g/mol. The number of para-hydroxylation sites is 1. The standard InChI is InChI=1S/C20H21N3O2S/c1-20(2)12-23(10-14-9-17(19(24)22-25)26-18(14)20)11-15-8-7-13-5-3-4-6-16(13)21-15/h3-9,25H,10-12H2,1-2H3,(H,22,24). The summed E-state index contributed by atoms with van der Waals surface area (Å²) in [7, 11) is 0. The topological polar surface area (TPSA) is 65.5 Å². The van der Waals surface area contributed by atoms with E-state index in [1.54, 1.807) is 5.48 Å². The summed E-state index contributed by atoms with van der Waals surface area (Å²) in [5, 5.41) is 10.0. The van der Waals surface area contributed by atoms with Gasteiger partial charge in [0.15, 0.2) is 0 Å². The number of hydrogen-bond acceptors (Lipinski definition) is 5. The third-order valence-electron chi connectivity index (χ3n) is 4.80. The van der Waals surface area contributed by atoms with Crippen molar-refractivity contribution in [3.05, 3.63) is 63.5 Å². The number of nitrogens with one attached hydrogen (secondary N) is 1. The van der Waals surface area contributed by atoms with Gasteiger partial charge in [-0.1, -0.05) is 38.1 Å². The Morgan fingerprint density at radius 2 is 2.12 bits per heavy atom. The van der Waals surface area contributed by atoms with E-state index in [0.717, 1.165) is 41.8 Å². The molecule has 0 fully saturated rings. The molecule has 0 aliphatic carbocycles. The number of amides is 1. The zero-order valence-electron chi connectivity index (χ0n) is 14.8. The van der Waals surface area contributed by atoms with Gasteiger partial charge in [-0.25, -0.2) is 5.48 Å². The first-order chi connectivity index (χ1) is 12.5. The maximum Gasteiger partial charge on any atom is 0.284 e. The molecule has 3 aromatic rings. The van der Waals surface area contributed by atoms with Gasteiger partial charge in [-0.2, -0.15) is 0 Å². The van der Waals surface area contributed by atoms with E-state index in [0.29, 0.717) is 4.88 Å². The molecule has 0 spiro atoms. The zero-order valence-corrected chi connectivity index (χ0v) is 15.6. The maximum atomic E-state index is 11.8. The number of carbonyl (C=O) groups is 1. The number of aromatic nitrogens is 1. The summed E-state index contributed by atoms with van der Waals surface area (Å²) in [6.07, 6.45) is 0. The van der Waals surface area contributed by atoms with Gasteiger partial charge in [0.05, 0.1) is 16.1 Å². The molecule has 0 atom stereocenters. The smallest absolute Gasteiger partial charge is 0.284 e. The quantitative estimate of drug-likeness (QED) is 0.547. The second-order valence-electron chi connectivity index (χ2n) is 7.43. The molecule has 0 saturated carbocycles. The van der Waals surface area contributed by atoms with Crippen LogP contribution >= 0.6 is 11.3 Å². The summed E-state index contributed by atoms with van der Waals surface area (Å²) in [5.41, 5.74) is 4.90. The summed E-state index contributed by atoms with van der Waals surface area (Å²) in [6.45, 7) is 6.84. The highest BCUT2D eigenvalue weighted by atomic mass is 32.1. The first-order valence-corrected chi connectivity index (χ1v) is 9.42. The van der Waals surface area contributed by atoms with Crippen LogP contribution in [0.2, 0.25) is 0 Å². The molecular weight excluding hydrogens is 346 g/mol. The van der Waals surface area contributed by atoms with Gasteiger partial charge >= 0.3 is 0 Å². The van der Waals surface area contributed by atoms with E-state index in [2.05, 4.69) is 36.9 Å². The lowest BCUT2D eigenvalue weighted by Gasteiger charge is -2.37. The van der Waals surface area contributed by atoms with E-state index < -0.39 is 5.91 Å². The van der Waals surface area contributed by atoms with Gasteiger partial charge in [0, 0.05) is 35.3 Å². The minimum atomic E-state index is -0.442. The number of fused-ring (bicyclic) bond motifs is 2. The molecule has 2 N–H and O–H groups in total. The molecule has 6 heteroatoms. The highest BCUT2D eigenvalue weighted by Crippen LogP contribution is 2.39. The lowest BCUT2D eigenvalue weighted by molar-refractivity contribution is 0.0711. The van der Waals surface area contributed by atoms with E-state index in [4.69, 9.17) is 10.2 Å². The molecule has 1 amide bonds. The molecule has 1 aliphatic heterocycles. The van der Waals surface area contributed by atoms with Crippen molar-refractivity contribution in [2.24, 2.45) is 0 Å². The van der Waals surface area contributed by atoms with Crippen LogP contribution in [0.25, 0.3) is 10.9 Å². The number of benzene rings is 1. The normalized spacial score (nSPS) is 16.4. The highest BCUT2D eigenvalue weighted by Gasteiger charge is 2.34. The van der Waals surface area contributed by atoms with Crippen LogP contribution < -0.4 is 5.48 Å². The number of carbonyl (C=O) groups excluding carboxylic acids is 1. The van der Waals surface area contributed by atoms with Crippen LogP contribution in [-0.4, -0.2) is 27.5 Å². The lowest BCUT2D eigenvalue weighted by Crippen LogP contribution is -2.40. The average Bonchev–Trinajstić information content (AvgIpc) is 3.06. The van der Waals surface area contributed by atoms with Crippen LogP contribution in [0, 0.1) is 0 Å². The largest absolute Gasteiger partial charge is 0.292 e. The molecule has 2 aromatic heterocycles. The fourth-order valence-corrected chi connectivity index (χ4v) is 4.91. The van der Waals surface area contributed by atoms with Crippen molar-refractivity contribution < 1.29 is 10.0 Å². The van der Waals surface area contributed by atoms with Crippen LogP contribution in [0.1, 0.15) is 39.7 Å². The van der Waals surface area contributed by atoms with Crippen LogP contribution in [0.5, 0.6) is 0 Å². The van der Waals surface area contributed by atoms with Gasteiger partial charge in [-0.15, -0.1) is 11.3 Å². The lowest BCUT2D eigenvalue weighted by atomic mass is 9.85. The fraction of sp³-hybridized carbons (Fsp3) is 0.300. The van der Waals surface area contributed by atoms with Crippen molar-refractivity contribution in [1.82, 2.24) is 15.4 Å². The van der Waals surface area contributed by atoms with Gasteiger partial charge in [0.25, 0.3) is 5.91 Å². The molecule has 3 heterocycles. The molecule has 0 unspecified atom stereocenters. The second kappa shape index (κ2) is 6.46. The minimum absolute atomic E-state index is 0.0525. The Hall–Kier alpha value is -2.28. The number of thiophene rings is 1. The first kappa shape index (κ1) is 17.1. The number of rotatable bonds is 3. The molecular formula is C20H21N3O2S.